The van der Waals surface area contributed by atoms with Crippen molar-refractivity contribution in [2.45, 2.75) is 68.1 Å². The lowest BCUT2D eigenvalue weighted by molar-refractivity contribution is -0.204. The third-order valence-corrected chi connectivity index (χ3v) is 8.36. The minimum atomic E-state index is -1.39. The Morgan fingerprint density at radius 1 is 1.13 bits per heavy atom. The number of aromatic nitrogens is 2. The lowest BCUT2D eigenvalue weighted by Gasteiger charge is -2.43. The van der Waals surface area contributed by atoms with Gasteiger partial charge in [0.2, 0.25) is 5.91 Å². The molecule has 2 fully saturated rings. The number of amides is 1. The molecular formula is C27H39N5O5S. The lowest BCUT2D eigenvalue weighted by atomic mass is 9.94. The summed E-state index contributed by atoms with van der Waals surface area (Å²) < 4.78 is 6.03. The van der Waals surface area contributed by atoms with E-state index >= 15 is 0 Å². The van der Waals surface area contributed by atoms with E-state index in [1.54, 1.807) is 18.6 Å². The highest BCUT2D eigenvalue weighted by atomic mass is 32.2. The number of carbonyl (C=O) groups excluding carboxylic acids is 1. The molecule has 2 saturated heterocycles. The molecule has 4 rings (SSSR count). The molecule has 1 aromatic heterocycles. The summed E-state index contributed by atoms with van der Waals surface area (Å²) in [5, 5.41) is 38.1. The van der Waals surface area contributed by atoms with E-state index in [4.69, 9.17) is 4.74 Å². The van der Waals surface area contributed by atoms with Gasteiger partial charge in [0, 0.05) is 36.7 Å². The van der Waals surface area contributed by atoms with Gasteiger partial charge >= 0.3 is 0 Å². The van der Waals surface area contributed by atoms with Crippen molar-refractivity contribution >= 4 is 23.4 Å². The number of aliphatic hydroxyl groups excluding tert-OH is 3. The van der Waals surface area contributed by atoms with E-state index in [1.165, 1.54) is 18.1 Å². The van der Waals surface area contributed by atoms with Gasteiger partial charge in [-0.3, -0.25) is 9.69 Å². The van der Waals surface area contributed by atoms with Crippen molar-refractivity contribution in [3.63, 3.8) is 0 Å². The molecule has 2 aromatic rings. The van der Waals surface area contributed by atoms with Crippen molar-refractivity contribution in [3.05, 3.63) is 43.0 Å². The van der Waals surface area contributed by atoms with Crippen molar-refractivity contribution < 1.29 is 24.9 Å². The van der Waals surface area contributed by atoms with E-state index < -0.39 is 35.9 Å². The molecule has 0 spiro atoms. The smallest absolute Gasteiger partial charge is 0.237 e. The second-order valence-electron chi connectivity index (χ2n) is 10.2. The van der Waals surface area contributed by atoms with E-state index in [1.807, 2.05) is 31.3 Å². The van der Waals surface area contributed by atoms with Gasteiger partial charge in [-0.1, -0.05) is 25.5 Å². The van der Waals surface area contributed by atoms with Crippen LogP contribution in [0.1, 0.15) is 26.2 Å². The Bertz CT molecular complexity index is 1030. The lowest BCUT2D eigenvalue weighted by Crippen LogP contribution is -2.64. The van der Waals surface area contributed by atoms with E-state index in [0.717, 1.165) is 42.6 Å². The molecule has 2 aliphatic heterocycles. The van der Waals surface area contributed by atoms with Crippen molar-refractivity contribution in [2.75, 3.05) is 31.7 Å². The fourth-order valence-corrected chi connectivity index (χ4v) is 6.09. The fourth-order valence-electron chi connectivity index (χ4n) is 5.42. The summed E-state index contributed by atoms with van der Waals surface area (Å²) in [6.07, 6.45) is 4.78. The van der Waals surface area contributed by atoms with Crippen molar-refractivity contribution in [3.8, 4) is 11.1 Å². The number of benzene rings is 1. The van der Waals surface area contributed by atoms with Crippen LogP contribution >= 0.6 is 11.8 Å². The molecule has 1 aromatic carbocycles. The molecular weight excluding hydrogens is 506 g/mol. The zero-order valence-corrected chi connectivity index (χ0v) is 22.9. The van der Waals surface area contributed by atoms with Gasteiger partial charge < -0.3 is 30.7 Å². The molecule has 11 heteroatoms. The first kappa shape index (κ1) is 28.7. The number of thioether (sulfide) groups is 1. The summed E-state index contributed by atoms with van der Waals surface area (Å²) in [4.78, 5) is 23.6. The standard InChI is InChI=1S/C27H39N5O5S/c1-4-5-16-10-21(32(2)14-16)26(36)31-20(25-23(34)22(33)24(35)27(37-25)38-3)13-30-19-8-6-17(7-9-19)18-11-28-15-29-12-18/h6-9,11-12,15-16,20-25,27,30,33-35H,4-5,10,13-14H2,1-3H3,(H,31,36)/t16-,20-,21+,22-,23?,24-,25-,27?/m1/s1. The van der Waals surface area contributed by atoms with Gasteiger partial charge in [0.05, 0.1) is 12.1 Å². The summed E-state index contributed by atoms with van der Waals surface area (Å²) in [5.74, 6) is 0.342. The normalized spacial score (nSPS) is 30.6. The number of anilines is 1. The Morgan fingerprint density at radius 2 is 1.84 bits per heavy atom. The Hall–Kier alpha value is -2.28. The summed E-state index contributed by atoms with van der Waals surface area (Å²) >= 11 is 1.25. The summed E-state index contributed by atoms with van der Waals surface area (Å²) in [6.45, 7) is 3.27. The molecule has 2 aliphatic rings. The largest absolute Gasteiger partial charge is 0.388 e. The Balaban J connectivity index is 1.49. The molecule has 38 heavy (non-hydrogen) atoms. The summed E-state index contributed by atoms with van der Waals surface area (Å²) in [5.41, 5.74) is 1.96. The molecule has 1 amide bonds. The van der Waals surface area contributed by atoms with Crippen LogP contribution in [0.4, 0.5) is 5.69 Å². The van der Waals surface area contributed by atoms with Crippen LogP contribution in [0.3, 0.4) is 0 Å². The number of ether oxygens (including phenoxy) is 1. The quantitative estimate of drug-likeness (QED) is 0.297. The highest BCUT2D eigenvalue weighted by Crippen LogP contribution is 2.30. The molecule has 0 radical (unpaired) electrons. The molecule has 5 N–H and O–H groups in total. The third kappa shape index (κ3) is 6.64. The second-order valence-corrected chi connectivity index (χ2v) is 11.2. The average molecular weight is 546 g/mol. The predicted octanol–water partition coefficient (Wildman–Crippen LogP) is 1.33. The predicted molar refractivity (Wildman–Crippen MR) is 148 cm³/mol. The zero-order chi connectivity index (χ0) is 27.2. The monoisotopic (exact) mass is 545 g/mol. The zero-order valence-electron chi connectivity index (χ0n) is 22.1. The van der Waals surface area contributed by atoms with E-state index in [-0.39, 0.29) is 18.5 Å². The van der Waals surface area contributed by atoms with Gasteiger partial charge in [-0.05, 0) is 49.8 Å². The first-order chi connectivity index (χ1) is 18.3. The minimum Gasteiger partial charge on any atom is -0.388 e. The first-order valence-electron chi connectivity index (χ1n) is 13.1. The first-order valence-corrected chi connectivity index (χ1v) is 14.4. The van der Waals surface area contributed by atoms with Gasteiger partial charge in [-0.25, -0.2) is 9.97 Å². The fraction of sp³-hybridized carbons (Fsp3) is 0.593. The van der Waals surface area contributed by atoms with Gasteiger partial charge in [-0.15, -0.1) is 11.8 Å². The number of likely N-dealkylation sites (N-methyl/N-ethyl adjacent to an activating group) is 1. The highest BCUT2D eigenvalue weighted by Gasteiger charge is 2.47. The van der Waals surface area contributed by atoms with Crippen molar-refractivity contribution in [2.24, 2.45) is 5.92 Å². The molecule has 8 atom stereocenters. The van der Waals surface area contributed by atoms with Crippen LogP contribution in [-0.4, -0.2) is 104 Å². The Labute approximate surface area is 228 Å². The SMILES string of the molecule is CCC[C@@H]1C[C@@H](C(=O)N[C@H](CNc2ccc(-c3cncnc3)cc2)[C@H]2OC(SC)[C@H](O)[C@H](O)C2O)N(C)C1. The van der Waals surface area contributed by atoms with Gasteiger partial charge in [0.1, 0.15) is 36.2 Å². The van der Waals surface area contributed by atoms with Crippen LogP contribution in [-0.2, 0) is 9.53 Å². The number of rotatable bonds is 10. The number of carbonyl (C=O) groups is 1. The van der Waals surface area contributed by atoms with E-state index in [2.05, 4.69) is 32.4 Å². The second kappa shape index (κ2) is 13.2. The van der Waals surface area contributed by atoms with Gasteiger partial charge in [-0.2, -0.15) is 0 Å². The van der Waals surface area contributed by atoms with Crippen LogP contribution in [0.25, 0.3) is 11.1 Å². The van der Waals surface area contributed by atoms with Crippen LogP contribution in [0.2, 0.25) is 0 Å². The van der Waals surface area contributed by atoms with Crippen molar-refractivity contribution in [1.82, 2.24) is 20.2 Å². The van der Waals surface area contributed by atoms with Crippen LogP contribution in [0.15, 0.2) is 43.0 Å². The van der Waals surface area contributed by atoms with Crippen LogP contribution in [0, 0.1) is 5.92 Å². The van der Waals surface area contributed by atoms with Gasteiger partial charge in [0.15, 0.2) is 0 Å². The number of aliphatic hydroxyl groups is 3. The van der Waals surface area contributed by atoms with E-state index in [0.29, 0.717) is 5.92 Å². The molecule has 208 valence electrons. The topological polar surface area (TPSA) is 140 Å². The van der Waals surface area contributed by atoms with E-state index in [9.17, 15) is 20.1 Å². The van der Waals surface area contributed by atoms with Crippen LogP contribution < -0.4 is 10.6 Å². The molecule has 3 heterocycles. The maximum Gasteiger partial charge on any atom is 0.237 e. The number of hydrogen-bond acceptors (Lipinski definition) is 10. The molecule has 0 saturated carbocycles. The van der Waals surface area contributed by atoms with Crippen molar-refractivity contribution in [1.29, 1.82) is 0 Å². The molecule has 2 unspecified atom stereocenters. The highest BCUT2D eigenvalue weighted by molar-refractivity contribution is 7.99. The van der Waals surface area contributed by atoms with Crippen LogP contribution in [0.5, 0.6) is 0 Å². The maximum atomic E-state index is 13.4. The number of hydrogen-bond donors (Lipinski definition) is 5. The molecule has 0 bridgehead atoms. The maximum absolute atomic E-state index is 13.4. The minimum absolute atomic E-state index is 0.130. The Morgan fingerprint density at radius 3 is 2.50 bits per heavy atom. The number of nitrogens with one attached hydrogen (secondary N) is 2. The summed E-state index contributed by atoms with van der Waals surface area (Å²) in [7, 11) is 1.96. The summed E-state index contributed by atoms with van der Waals surface area (Å²) in [6, 6.07) is 6.81. The van der Waals surface area contributed by atoms with Gasteiger partial charge in [0.25, 0.3) is 0 Å². The molecule has 10 nitrogen and oxygen atoms in total. The number of likely N-dealkylation sites (tertiary alicyclic amines) is 1. The third-order valence-electron chi connectivity index (χ3n) is 7.50. The average Bonchev–Trinajstić information content (AvgIpc) is 3.31. The number of nitrogens with zero attached hydrogens (tertiary/aromatic N) is 3. The Kier molecular flexibility index (Phi) is 9.97. The molecule has 0 aliphatic carbocycles.